The number of hydrogen-bond donors (Lipinski definition) is 1. The van der Waals surface area contributed by atoms with E-state index in [9.17, 15) is 0 Å². The number of ether oxygens (including phenoxy) is 1. The normalized spacial score (nSPS) is 10.4. The highest BCUT2D eigenvalue weighted by molar-refractivity contribution is 9.10. The van der Waals surface area contributed by atoms with E-state index in [0.29, 0.717) is 31.8 Å². The number of aryl methyl sites for hydroxylation is 1. The zero-order chi connectivity index (χ0) is 13.3. The summed E-state index contributed by atoms with van der Waals surface area (Å²) in [7, 11) is 0. The number of nitrogen functional groups attached to an aromatic ring is 1. The van der Waals surface area contributed by atoms with E-state index >= 15 is 0 Å². The first kappa shape index (κ1) is 13.5. The van der Waals surface area contributed by atoms with E-state index in [1.54, 1.807) is 18.2 Å². The Bertz CT molecular complexity index is 605. The molecule has 2 rings (SSSR count). The molecule has 0 amide bonds. The lowest BCUT2D eigenvalue weighted by atomic mass is 10.3. The third-order valence-electron chi connectivity index (χ3n) is 2.23. The Morgan fingerprint density at radius 1 is 1.22 bits per heavy atom. The van der Waals surface area contributed by atoms with Crippen LogP contribution in [-0.4, -0.2) is 4.98 Å². The van der Waals surface area contributed by atoms with Gasteiger partial charge in [0.05, 0.1) is 21.9 Å². The van der Waals surface area contributed by atoms with Crippen molar-refractivity contribution in [2.24, 2.45) is 0 Å². The van der Waals surface area contributed by atoms with E-state index < -0.39 is 0 Å². The summed E-state index contributed by atoms with van der Waals surface area (Å²) in [6.07, 6.45) is 1.52. The van der Waals surface area contributed by atoms with Crippen LogP contribution in [-0.2, 0) is 0 Å². The van der Waals surface area contributed by atoms with Gasteiger partial charge in [0, 0.05) is 16.1 Å². The van der Waals surface area contributed by atoms with E-state index in [1.807, 2.05) is 6.92 Å². The Labute approximate surface area is 123 Å². The van der Waals surface area contributed by atoms with Crippen molar-refractivity contribution < 1.29 is 4.74 Å². The molecule has 1 aromatic carbocycles. The van der Waals surface area contributed by atoms with Crippen LogP contribution in [0.25, 0.3) is 0 Å². The predicted molar refractivity (Wildman–Crippen MR) is 77.6 cm³/mol. The van der Waals surface area contributed by atoms with Crippen molar-refractivity contribution in [2.45, 2.75) is 6.92 Å². The lowest BCUT2D eigenvalue weighted by molar-refractivity contribution is 0.459. The molecule has 0 unspecified atom stereocenters. The monoisotopic (exact) mass is 346 g/mol. The van der Waals surface area contributed by atoms with Gasteiger partial charge in [0.25, 0.3) is 0 Å². The summed E-state index contributed by atoms with van der Waals surface area (Å²) < 4.78 is 6.34. The second-order valence-electron chi connectivity index (χ2n) is 3.69. The van der Waals surface area contributed by atoms with Gasteiger partial charge in [0.15, 0.2) is 0 Å². The molecule has 0 aliphatic rings. The van der Waals surface area contributed by atoms with Gasteiger partial charge in [0.1, 0.15) is 5.75 Å². The minimum Gasteiger partial charge on any atom is -0.437 e. The highest BCUT2D eigenvalue weighted by Gasteiger charge is 2.10. The van der Waals surface area contributed by atoms with Crippen LogP contribution < -0.4 is 10.5 Å². The molecule has 0 radical (unpaired) electrons. The van der Waals surface area contributed by atoms with Crippen molar-refractivity contribution in [3.8, 4) is 11.6 Å². The Hall–Kier alpha value is -0.970. The molecule has 1 aromatic heterocycles. The molecule has 0 bridgehead atoms. The standard InChI is InChI=1S/C12H9BrCl2N2O/c1-6-2-7(16)5-17-12(6)18-11-4-9(14)8(13)3-10(11)15/h2-5H,16H2,1H3. The quantitative estimate of drug-likeness (QED) is 0.791. The van der Waals surface area contributed by atoms with E-state index in [1.165, 1.54) is 6.20 Å². The topological polar surface area (TPSA) is 48.1 Å². The molecule has 2 N–H and O–H groups in total. The summed E-state index contributed by atoms with van der Waals surface area (Å²) in [6.45, 7) is 1.85. The van der Waals surface area contributed by atoms with Crippen molar-refractivity contribution >= 4 is 44.8 Å². The zero-order valence-corrected chi connectivity index (χ0v) is 12.5. The molecule has 18 heavy (non-hydrogen) atoms. The molecule has 94 valence electrons. The highest BCUT2D eigenvalue weighted by atomic mass is 79.9. The van der Waals surface area contributed by atoms with Crippen LogP contribution in [0.2, 0.25) is 10.0 Å². The van der Waals surface area contributed by atoms with E-state index in [-0.39, 0.29) is 0 Å². The summed E-state index contributed by atoms with van der Waals surface area (Å²) in [4.78, 5) is 4.11. The maximum absolute atomic E-state index is 6.07. The molecule has 0 saturated carbocycles. The first-order valence-electron chi connectivity index (χ1n) is 5.02. The number of rotatable bonds is 2. The molecule has 0 aliphatic carbocycles. The average molecular weight is 348 g/mol. The number of nitrogens with two attached hydrogens (primary N) is 1. The molecule has 0 aliphatic heterocycles. The number of hydrogen-bond acceptors (Lipinski definition) is 3. The molecular formula is C12H9BrCl2N2O. The number of aromatic nitrogens is 1. The predicted octanol–water partition coefficient (Wildman–Crippen LogP) is 4.83. The third-order valence-corrected chi connectivity index (χ3v) is 3.73. The van der Waals surface area contributed by atoms with Crippen LogP contribution in [0.5, 0.6) is 11.6 Å². The van der Waals surface area contributed by atoms with Crippen LogP contribution in [0.4, 0.5) is 5.69 Å². The first-order chi connectivity index (χ1) is 8.47. The van der Waals surface area contributed by atoms with Crippen LogP contribution >= 0.6 is 39.1 Å². The Kier molecular flexibility index (Phi) is 4.00. The van der Waals surface area contributed by atoms with Gasteiger partial charge in [-0.3, -0.25) is 0 Å². The van der Waals surface area contributed by atoms with E-state index in [0.717, 1.165) is 5.56 Å². The molecule has 0 saturated heterocycles. The zero-order valence-electron chi connectivity index (χ0n) is 9.38. The van der Waals surface area contributed by atoms with Crippen molar-refractivity contribution in [3.63, 3.8) is 0 Å². The Morgan fingerprint density at radius 3 is 2.61 bits per heavy atom. The lowest BCUT2D eigenvalue weighted by Crippen LogP contribution is -1.94. The molecular weight excluding hydrogens is 339 g/mol. The van der Waals surface area contributed by atoms with Gasteiger partial charge in [0.2, 0.25) is 5.88 Å². The SMILES string of the molecule is Cc1cc(N)cnc1Oc1cc(Cl)c(Br)cc1Cl. The molecule has 1 heterocycles. The van der Waals surface area contributed by atoms with Gasteiger partial charge in [-0.05, 0) is 35.0 Å². The van der Waals surface area contributed by atoms with Gasteiger partial charge >= 0.3 is 0 Å². The molecule has 3 nitrogen and oxygen atoms in total. The minimum atomic E-state index is 0.448. The van der Waals surface area contributed by atoms with Crippen LogP contribution in [0, 0.1) is 6.92 Å². The summed E-state index contributed by atoms with van der Waals surface area (Å²) >= 11 is 15.3. The lowest BCUT2D eigenvalue weighted by Gasteiger charge is -2.10. The van der Waals surface area contributed by atoms with Crippen LogP contribution in [0.1, 0.15) is 5.56 Å². The fourth-order valence-electron chi connectivity index (χ4n) is 1.38. The fourth-order valence-corrected chi connectivity index (χ4v) is 2.21. The molecule has 0 atom stereocenters. The Balaban J connectivity index is 2.37. The number of pyridine rings is 1. The van der Waals surface area contributed by atoms with Crippen molar-refractivity contribution in [1.29, 1.82) is 0 Å². The summed E-state index contributed by atoms with van der Waals surface area (Å²) in [5.74, 6) is 0.898. The van der Waals surface area contributed by atoms with Gasteiger partial charge in [-0.2, -0.15) is 0 Å². The molecule has 2 aromatic rings. The molecule has 6 heteroatoms. The van der Waals surface area contributed by atoms with Crippen molar-refractivity contribution in [1.82, 2.24) is 4.98 Å². The summed E-state index contributed by atoms with van der Waals surface area (Å²) in [6, 6.07) is 5.08. The van der Waals surface area contributed by atoms with Crippen LogP contribution in [0.15, 0.2) is 28.9 Å². The summed E-state index contributed by atoms with van der Waals surface area (Å²) in [5, 5.41) is 0.965. The molecule has 0 fully saturated rings. The second kappa shape index (κ2) is 5.34. The molecule has 0 spiro atoms. The van der Waals surface area contributed by atoms with Gasteiger partial charge in [-0.1, -0.05) is 23.2 Å². The number of anilines is 1. The minimum absolute atomic E-state index is 0.448. The van der Waals surface area contributed by atoms with Crippen molar-refractivity contribution in [2.75, 3.05) is 5.73 Å². The van der Waals surface area contributed by atoms with Gasteiger partial charge in [-0.15, -0.1) is 0 Å². The van der Waals surface area contributed by atoms with Crippen molar-refractivity contribution in [3.05, 3.63) is 44.5 Å². The van der Waals surface area contributed by atoms with Gasteiger partial charge in [-0.25, -0.2) is 4.98 Å². The van der Waals surface area contributed by atoms with E-state index in [2.05, 4.69) is 20.9 Å². The third kappa shape index (κ3) is 2.88. The van der Waals surface area contributed by atoms with Crippen LogP contribution in [0.3, 0.4) is 0 Å². The number of nitrogens with zero attached hydrogens (tertiary/aromatic N) is 1. The largest absolute Gasteiger partial charge is 0.437 e. The maximum Gasteiger partial charge on any atom is 0.222 e. The smallest absolute Gasteiger partial charge is 0.222 e. The van der Waals surface area contributed by atoms with Gasteiger partial charge < -0.3 is 10.5 Å². The second-order valence-corrected chi connectivity index (χ2v) is 5.36. The Morgan fingerprint density at radius 2 is 1.94 bits per heavy atom. The number of benzene rings is 1. The summed E-state index contributed by atoms with van der Waals surface area (Å²) in [5.41, 5.74) is 7.03. The average Bonchev–Trinajstić information content (AvgIpc) is 2.29. The highest BCUT2D eigenvalue weighted by Crippen LogP contribution is 2.36. The fraction of sp³-hybridized carbons (Fsp3) is 0.0833. The first-order valence-corrected chi connectivity index (χ1v) is 6.57. The number of halogens is 3. The van der Waals surface area contributed by atoms with E-state index in [4.69, 9.17) is 33.7 Å². The maximum atomic E-state index is 6.07.